The Morgan fingerprint density at radius 1 is 1.23 bits per heavy atom. The van der Waals surface area contributed by atoms with Gasteiger partial charge in [0.2, 0.25) is 5.12 Å². The van der Waals surface area contributed by atoms with Crippen molar-refractivity contribution in [3.8, 4) is 0 Å². The molecule has 1 aromatic rings. The van der Waals surface area contributed by atoms with Crippen LogP contribution in [-0.2, 0) is 9.53 Å². The van der Waals surface area contributed by atoms with E-state index in [9.17, 15) is 9.59 Å². The largest absolute Gasteiger partial charge is 0.469 e. The van der Waals surface area contributed by atoms with Gasteiger partial charge in [-0.1, -0.05) is 42.1 Å². The molecule has 0 aromatic heterocycles. The van der Waals surface area contributed by atoms with E-state index in [0.29, 0.717) is 11.6 Å². The van der Waals surface area contributed by atoms with Crippen molar-refractivity contribution in [2.75, 3.05) is 14.2 Å². The zero-order valence-electron chi connectivity index (χ0n) is 12.9. The standard InChI is InChI=1S/C17H21NO3S/c1-18-12-8-9-13(18)15(16(19)21-2)14(10-12)22-17(20)11-6-4-3-5-7-11/h3-7,12-15H,8-10H2,1-2H3/t12-,13-,14-,15+/m0/s1. The van der Waals surface area contributed by atoms with E-state index in [2.05, 4.69) is 11.9 Å². The highest BCUT2D eigenvalue weighted by Gasteiger charge is 2.50. The van der Waals surface area contributed by atoms with Crippen LogP contribution in [0, 0.1) is 5.92 Å². The molecule has 0 saturated carbocycles. The second-order valence-electron chi connectivity index (χ2n) is 6.06. The monoisotopic (exact) mass is 319 g/mol. The van der Waals surface area contributed by atoms with Crippen molar-refractivity contribution in [3.05, 3.63) is 35.9 Å². The summed E-state index contributed by atoms with van der Waals surface area (Å²) in [4.78, 5) is 27.0. The van der Waals surface area contributed by atoms with Crippen LogP contribution in [0.25, 0.3) is 0 Å². The van der Waals surface area contributed by atoms with Crippen molar-refractivity contribution in [1.29, 1.82) is 0 Å². The fraction of sp³-hybridized carbons (Fsp3) is 0.529. The van der Waals surface area contributed by atoms with Gasteiger partial charge in [-0.25, -0.2) is 0 Å². The van der Waals surface area contributed by atoms with Crippen LogP contribution < -0.4 is 0 Å². The van der Waals surface area contributed by atoms with Gasteiger partial charge in [-0.2, -0.15) is 0 Å². The molecule has 2 bridgehead atoms. The number of hydrogen-bond acceptors (Lipinski definition) is 5. The van der Waals surface area contributed by atoms with E-state index in [0.717, 1.165) is 19.3 Å². The van der Waals surface area contributed by atoms with Crippen molar-refractivity contribution >= 4 is 22.8 Å². The molecule has 3 rings (SSSR count). The van der Waals surface area contributed by atoms with Crippen LogP contribution in [0.1, 0.15) is 29.6 Å². The molecule has 0 amide bonds. The minimum atomic E-state index is -0.216. The van der Waals surface area contributed by atoms with Gasteiger partial charge < -0.3 is 4.74 Å². The molecule has 22 heavy (non-hydrogen) atoms. The SMILES string of the molecule is COC(=O)[C@H]1[C@@H](SC(=O)c2ccccc2)C[C@@H]2CC[C@@H]1N2C. The van der Waals surface area contributed by atoms with E-state index in [1.807, 2.05) is 30.3 Å². The summed E-state index contributed by atoms with van der Waals surface area (Å²) < 4.78 is 5.02. The summed E-state index contributed by atoms with van der Waals surface area (Å²) in [6.07, 6.45) is 2.98. The van der Waals surface area contributed by atoms with Gasteiger partial charge in [0.15, 0.2) is 0 Å². The molecule has 118 valence electrons. The van der Waals surface area contributed by atoms with Crippen LogP contribution >= 0.6 is 11.8 Å². The summed E-state index contributed by atoms with van der Waals surface area (Å²) >= 11 is 1.31. The van der Waals surface area contributed by atoms with Gasteiger partial charge in [0.05, 0.1) is 13.0 Å². The number of benzene rings is 1. The van der Waals surface area contributed by atoms with Crippen molar-refractivity contribution in [2.45, 2.75) is 36.6 Å². The number of thioether (sulfide) groups is 1. The normalized spacial score (nSPS) is 31.0. The highest BCUT2D eigenvalue weighted by Crippen LogP contribution is 2.44. The van der Waals surface area contributed by atoms with Gasteiger partial charge in [0.25, 0.3) is 0 Å². The quantitative estimate of drug-likeness (QED) is 0.801. The second-order valence-corrected chi connectivity index (χ2v) is 7.27. The molecule has 1 aromatic carbocycles. The van der Waals surface area contributed by atoms with Gasteiger partial charge in [-0.05, 0) is 26.3 Å². The van der Waals surface area contributed by atoms with E-state index < -0.39 is 0 Å². The third kappa shape index (κ3) is 2.79. The lowest BCUT2D eigenvalue weighted by Gasteiger charge is -2.40. The summed E-state index contributed by atoms with van der Waals surface area (Å²) in [7, 11) is 3.52. The van der Waals surface area contributed by atoms with Crippen LogP contribution in [0.5, 0.6) is 0 Å². The predicted octanol–water partition coefficient (Wildman–Crippen LogP) is 2.58. The molecule has 2 aliphatic rings. The smallest absolute Gasteiger partial charge is 0.311 e. The Balaban J connectivity index is 1.79. The van der Waals surface area contributed by atoms with Crippen LogP contribution in [0.4, 0.5) is 0 Å². The molecule has 0 spiro atoms. The van der Waals surface area contributed by atoms with E-state index >= 15 is 0 Å². The Kier molecular flexibility index (Phi) is 4.54. The van der Waals surface area contributed by atoms with Gasteiger partial charge in [-0.3, -0.25) is 14.5 Å². The molecule has 2 heterocycles. The molecule has 0 unspecified atom stereocenters. The number of methoxy groups -OCH3 is 1. The van der Waals surface area contributed by atoms with Gasteiger partial charge in [0.1, 0.15) is 0 Å². The first-order valence-electron chi connectivity index (χ1n) is 7.67. The number of nitrogens with zero attached hydrogens (tertiary/aromatic N) is 1. The van der Waals surface area contributed by atoms with E-state index in [1.165, 1.54) is 18.9 Å². The number of hydrogen-bond donors (Lipinski definition) is 0. The maximum Gasteiger partial charge on any atom is 0.311 e. The first-order valence-corrected chi connectivity index (χ1v) is 8.55. The Labute approximate surface area is 135 Å². The maximum absolute atomic E-state index is 12.5. The number of rotatable bonds is 3. The predicted molar refractivity (Wildman–Crippen MR) is 86.8 cm³/mol. The Morgan fingerprint density at radius 2 is 1.95 bits per heavy atom. The second kappa shape index (κ2) is 6.42. The number of carbonyl (C=O) groups excluding carboxylic acids is 2. The average molecular weight is 319 g/mol. The van der Waals surface area contributed by atoms with Crippen LogP contribution in [-0.4, -0.2) is 47.5 Å². The van der Waals surface area contributed by atoms with Crippen LogP contribution in [0.3, 0.4) is 0 Å². The fourth-order valence-corrected chi connectivity index (χ4v) is 5.07. The van der Waals surface area contributed by atoms with Crippen molar-refractivity contribution in [2.24, 2.45) is 5.92 Å². The summed E-state index contributed by atoms with van der Waals surface area (Å²) in [6.45, 7) is 0. The Hall–Kier alpha value is -1.33. The summed E-state index contributed by atoms with van der Waals surface area (Å²) in [6, 6.07) is 9.96. The fourth-order valence-electron chi connectivity index (χ4n) is 3.77. The highest BCUT2D eigenvalue weighted by molar-refractivity contribution is 8.14. The minimum absolute atomic E-state index is 0.00820. The Morgan fingerprint density at radius 3 is 2.64 bits per heavy atom. The van der Waals surface area contributed by atoms with Gasteiger partial charge >= 0.3 is 5.97 Å². The summed E-state index contributed by atoms with van der Waals surface area (Å²) in [5.41, 5.74) is 0.697. The molecule has 0 aliphatic carbocycles. The van der Waals surface area contributed by atoms with E-state index in [-0.39, 0.29) is 28.3 Å². The zero-order chi connectivity index (χ0) is 15.7. The number of fused-ring (bicyclic) bond motifs is 2. The first kappa shape index (κ1) is 15.6. The van der Waals surface area contributed by atoms with Gasteiger partial charge in [-0.15, -0.1) is 0 Å². The summed E-state index contributed by atoms with van der Waals surface area (Å²) in [5, 5.41) is 0.0531. The van der Waals surface area contributed by atoms with E-state index in [4.69, 9.17) is 4.74 Å². The molecule has 2 fully saturated rings. The van der Waals surface area contributed by atoms with Gasteiger partial charge in [0, 0.05) is 22.9 Å². The third-order valence-electron chi connectivity index (χ3n) is 4.96. The van der Waals surface area contributed by atoms with Crippen molar-refractivity contribution in [1.82, 2.24) is 4.90 Å². The summed E-state index contributed by atoms with van der Waals surface area (Å²) in [5.74, 6) is -0.401. The zero-order valence-corrected chi connectivity index (χ0v) is 13.7. The van der Waals surface area contributed by atoms with Crippen LogP contribution in [0.15, 0.2) is 30.3 Å². The molecule has 2 aliphatic heterocycles. The highest BCUT2D eigenvalue weighted by atomic mass is 32.2. The molecular weight excluding hydrogens is 298 g/mol. The molecule has 4 atom stereocenters. The topological polar surface area (TPSA) is 46.6 Å². The van der Waals surface area contributed by atoms with E-state index in [1.54, 1.807) is 0 Å². The lowest BCUT2D eigenvalue weighted by atomic mass is 9.90. The number of esters is 1. The number of piperidine rings is 1. The molecule has 0 radical (unpaired) electrons. The Bertz CT molecular complexity index is 562. The maximum atomic E-state index is 12.5. The molecular formula is C17H21NO3S. The molecule has 5 heteroatoms. The number of ether oxygens (including phenoxy) is 1. The average Bonchev–Trinajstić information content (AvgIpc) is 2.78. The van der Waals surface area contributed by atoms with Crippen molar-refractivity contribution < 1.29 is 14.3 Å². The molecule has 0 N–H and O–H groups in total. The first-order chi connectivity index (χ1) is 10.6. The minimum Gasteiger partial charge on any atom is -0.469 e. The lowest BCUT2D eigenvalue weighted by molar-refractivity contribution is -0.148. The molecule has 2 saturated heterocycles. The number of carbonyl (C=O) groups is 2. The third-order valence-corrected chi connectivity index (χ3v) is 6.19. The lowest BCUT2D eigenvalue weighted by Crippen LogP contribution is -2.51. The molecule has 4 nitrogen and oxygen atoms in total. The van der Waals surface area contributed by atoms with Crippen molar-refractivity contribution in [3.63, 3.8) is 0 Å². The van der Waals surface area contributed by atoms with Crippen LogP contribution in [0.2, 0.25) is 0 Å².